The van der Waals surface area contributed by atoms with Crippen molar-refractivity contribution in [1.29, 1.82) is 0 Å². The Morgan fingerprint density at radius 1 is 1.14 bits per heavy atom. The summed E-state index contributed by atoms with van der Waals surface area (Å²) in [5, 5.41) is 0.651. The molecule has 2 aromatic carbocycles. The molecule has 4 heteroatoms. The quantitative estimate of drug-likeness (QED) is 0.794. The van der Waals surface area contributed by atoms with E-state index in [1.165, 1.54) is 0 Å². The molecule has 0 bridgehead atoms. The fraction of sp³-hybridized carbons (Fsp3) is 0.222. The molecule has 0 fully saturated rings. The molecule has 22 heavy (non-hydrogen) atoms. The predicted octanol–water partition coefficient (Wildman–Crippen LogP) is 4.26. The van der Waals surface area contributed by atoms with Gasteiger partial charge in [0.25, 0.3) is 0 Å². The van der Waals surface area contributed by atoms with E-state index in [0.717, 1.165) is 5.56 Å². The first-order valence-corrected chi connectivity index (χ1v) is 7.47. The van der Waals surface area contributed by atoms with Gasteiger partial charge in [-0.05, 0) is 24.6 Å². The largest absolute Gasteiger partial charge is 0.467 e. The number of halogens is 1. The smallest absolute Gasteiger partial charge is 0.206 e. The molecule has 2 unspecified atom stereocenters. The molecule has 0 amide bonds. The molecule has 0 spiro atoms. The summed E-state index contributed by atoms with van der Waals surface area (Å²) in [6.07, 6.45) is -0.670. The highest BCUT2D eigenvalue weighted by Gasteiger charge is 2.47. The SMILES string of the molecule is CC1=NC(C)(c2ccc(Cl)cc2)C(C(=O)c2ccccc2)O1. The van der Waals surface area contributed by atoms with Crippen LogP contribution in [-0.4, -0.2) is 17.8 Å². The van der Waals surface area contributed by atoms with Crippen LogP contribution in [0.15, 0.2) is 59.6 Å². The van der Waals surface area contributed by atoms with Crippen LogP contribution in [0, 0.1) is 0 Å². The normalized spacial score (nSPS) is 23.8. The number of nitrogens with zero attached hydrogens (tertiary/aromatic N) is 1. The van der Waals surface area contributed by atoms with E-state index in [9.17, 15) is 4.79 Å². The Morgan fingerprint density at radius 3 is 2.41 bits per heavy atom. The second kappa shape index (κ2) is 5.58. The van der Waals surface area contributed by atoms with Crippen molar-refractivity contribution >= 4 is 23.3 Å². The Morgan fingerprint density at radius 2 is 1.77 bits per heavy atom. The lowest BCUT2D eigenvalue weighted by Gasteiger charge is -2.27. The Labute approximate surface area is 134 Å². The maximum atomic E-state index is 12.8. The van der Waals surface area contributed by atoms with Crippen LogP contribution < -0.4 is 0 Å². The standard InChI is InChI=1S/C18H16ClNO2/c1-12-20-18(2,14-8-10-15(19)11-9-14)17(22-12)16(21)13-6-4-3-5-7-13/h3-11,17H,1-2H3. The lowest BCUT2D eigenvalue weighted by atomic mass is 9.83. The maximum absolute atomic E-state index is 12.8. The Kier molecular flexibility index (Phi) is 3.75. The first-order valence-electron chi connectivity index (χ1n) is 7.09. The van der Waals surface area contributed by atoms with Gasteiger partial charge in [-0.2, -0.15) is 0 Å². The average Bonchev–Trinajstić information content (AvgIpc) is 2.84. The molecule has 2 aromatic rings. The number of ketones is 1. The van der Waals surface area contributed by atoms with Crippen LogP contribution in [0.25, 0.3) is 0 Å². The number of benzene rings is 2. The molecule has 0 N–H and O–H groups in total. The minimum Gasteiger partial charge on any atom is -0.467 e. The molecular weight excluding hydrogens is 298 g/mol. The van der Waals surface area contributed by atoms with Gasteiger partial charge in [0, 0.05) is 17.5 Å². The van der Waals surface area contributed by atoms with Crippen LogP contribution in [-0.2, 0) is 10.3 Å². The van der Waals surface area contributed by atoms with Gasteiger partial charge in [-0.3, -0.25) is 4.79 Å². The van der Waals surface area contributed by atoms with E-state index < -0.39 is 11.6 Å². The topological polar surface area (TPSA) is 38.7 Å². The summed E-state index contributed by atoms with van der Waals surface area (Å²) in [7, 11) is 0. The lowest BCUT2D eigenvalue weighted by molar-refractivity contribution is 0.0693. The third kappa shape index (κ3) is 2.53. The van der Waals surface area contributed by atoms with Crippen molar-refractivity contribution in [3.63, 3.8) is 0 Å². The molecule has 1 heterocycles. The minimum absolute atomic E-state index is 0.0707. The maximum Gasteiger partial charge on any atom is 0.206 e. The summed E-state index contributed by atoms with van der Waals surface area (Å²) < 4.78 is 5.75. The highest BCUT2D eigenvalue weighted by atomic mass is 35.5. The zero-order chi connectivity index (χ0) is 15.7. The summed E-state index contributed by atoms with van der Waals surface area (Å²) in [5.74, 6) is 0.449. The third-order valence-electron chi connectivity index (χ3n) is 3.91. The molecule has 3 rings (SSSR count). The Bertz CT molecular complexity index is 725. The molecule has 0 saturated heterocycles. The molecule has 1 aliphatic rings. The number of Topliss-reactive ketones (excluding diaryl/α,β-unsaturated/α-hetero) is 1. The number of carbonyl (C=O) groups excluding carboxylic acids is 1. The summed E-state index contributed by atoms with van der Waals surface area (Å²) >= 11 is 5.95. The lowest BCUT2D eigenvalue weighted by Crippen LogP contribution is -2.39. The van der Waals surface area contributed by atoms with Gasteiger partial charge in [0.1, 0.15) is 5.54 Å². The van der Waals surface area contributed by atoms with Crippen molar-refractivity contribution in [2.75, 3.05) is 0 Å². The van der Waals surface area contributed by atoms with E-state index in [0.29, 0.717) is 16.5 Å². The first kappa shape index (κ1) is 14.8. The molecular formula is C18H16ClNO2. The highest BCUT2D eigenvalue weighted by molar-refractivity contribution is 6.30. The number of hydrogen-bond acceptors (Lipinski definition) is 3. The van der Waals surface area contributed by atoms with Gasteiger partial charge in [0.2, 0.25) is 5.78 Å². The molecule has 3 nitrogen and oxygen atoms in total. The van der Waals surface area contributed by atoms with E-state index in [1.807, 2.05) is 37.3 Å². The van der Waals surface area contributed by atoms with Crippen LogP contribution in [0.5, 0.6) is 0 Å². The van der Waals surface area contributed by atoms with Gasteiger partial charge in [-0.25, -0.2) is 4.99 Å². The molecule has 0 radical (unpaired) electrons. The minimum atomic E-state index is -0.748. The van der Waals surface area contributed by atoms with Gasteiger partial charge in [-0.15, -0.1) is 0 Å². The zero-order valence-corrected chi connectivity index (χ0v) is 13.2. The van der Waals surface area contributed by atoms with E-state index in [-0.39, 0.29) is 5.78 Å². The fourth-order valence-electron chi connectivity index (χ4n) is 2.76. The molecule has 112 valence electrons. The fourth-order valence-corrected chi connectivity index (χ4v) is 2.89. The van der Waals surface area contributed by atoms with Gasteiger partial charge in [-0.1, -0.05) is 54.1 Å². The monoisotopic (exact) mass is 313 g/mol. The van der Waals surface area contributed by atoms with Gasteiger partial charge < -0.3 is 4.74 Å². The van der Waals surface area contributed by atoms with E-state index in [2.05, 4.69) is 4.99 Å². The van der Waals surface area contributed by atoms with Crippen molar-refractivity contribution in [2.24, 2.45) is 4.99 Å². The third-order valence-corrected chi connectivity index (χ3v) is 4.17. The summed E-state index contributed by atoms with van der Waals surface area (Å²) in [6.45, 7) is 3.69. The van der Waals surface area contributed by atoms with E-state index in [1.54, 1.807) is 31.2 Å². The molecule has 0 aliphatic carbocycles. The zero-order valence-electron chi connectivity index (χ0n) is 12.4. The number of rotatable bonds is 3. The van der Waals surface area contributed by atoms with Crippen LogP contribution in [0.4, 0.5) is 0 Å². The van der Waals surface area contributed by atoms with Crippen molar-refractivity contribution in [3.05, 3.63) is 70.7 Å². The molecule has 0 aromatic heterocycles. The van der Waals surface area contributed by atoms with Crippen LogP contribution in [0.1, 0.15) is 29.8 Å². The van der Waals surface area contributed by atoms with Crippen LogP contribution in [0.3, 0.4) is 0 Å². The number of carbonyl (C=O) groups is 1. The summed E-state index contributed by atoms with van der Waals surface area (Å²) in [5.41, 5.74) is 0.780. The second-order valence-electron chi connectivity index (χ2n) is 5.51. The predicted molar refractivity (Wildman–Crippen MR) is 87.6 cm³/mol. The number of aliphatic imine (C=N–C) groups is 1. The van der Waals surface area contributed by atoms with Gasteiger partial charge >= 0.3 is 0 Å². The van der Waals surface area contributed by atoms with Crippen molar-refractivity contribution < 1.29 is 9.53 Å². The van der Waals surface area contributed by atoms with Crippen LogP contribution >= 0.6 is 11.6 Å². The molecule has 0 saturated carbocycles. The second-order valence-corrected chi connectivity index (χ2v) is 5.95. The molecule has 2 atom stereocenters. The van der Waals surface area contributed by atoms with Crippen molar-refractivity contribution in [1.82, 2.24) is 0 Å². The van der Waals surface area contributed by atoms with Gasteiger partial charge in [0.15, 0.2) is 12.0 Å². The Hall–Kier alpha value is -2.13. The van der Waals surface area contributed by atoms with E-state index in [4.69, 9.17) is 16.3 Å². The van der Waals surface area contributed by atoms with Crippen molar-refractivity contribution in [2.45, 2.75) is 25.5 Å². The average molecular weight is 314 g/mol. The highest BCUT2D eigenvalue weighted by Crippen LogP contribution is 2.38. The van der Waals surface area contributed by atoms with E-state index >= 15 is 0 Å². The van der Waals surface area contributed by atoms with Crippen LogP contribution in [0.2, 0.25) is 5.02 Å². The Balaban J connectivity index is 2.01. The summed E-state index contributed by atoms with van der Waals surface area (Å²) in [4.78, 5) is 17.4. The number of ether oxygens (including phenoxy) is 1. The molecule has 1 aliphatic heterocycles. The summed E-state index contributed by atoms with van der Waals surface area (Å²) in [6, 6.07) is 16.5. The number of hydrogen-bond donors (Lipinski definition) is 0. The van der Waals surface area contributed by atoms with Crippen molar-refractivity contribution in [3.8, 4) is 0 Å². The van der Waals surface area contributed by atoms with Gasteiger partial charge in [0.05, 0.1) is 0 Å². The first-order chi connectivity index (χ1) is 10.5.